The SMILES string of the molecule is COC(=O)CCc1c(C)[nH]c(/C=C2\NC(=O)C(C)=C2CCS(=O)(=O)c2ccc(C)cc2)c1C. The molecule has 2 N–H and O–H groups in total. The van der Waals surface area contributed by atoms with Crippen molar-refractivity contribution in [3.63, 3.8) is 0 Å². The number of allylic oxidation sites excluding steroid dienone is 1. The molecule has 0 bridgehead atoms. The number of methoxy groups -OCH3 is 1. The average Bonchev–Trinajstić information content (AvgIpc) is 3.19. The number of carbonyl (C=O) groups is 2. The molecule has 0 radical (unpaired) electrons. The lowest BCUT2D eigenvalue weighted by atomic mass is 10.0. The molecule has 0 saturated carbocycles. The number of hydrogen-bond acceptors (Lipinski definition) is 5. The van der Waals surface area contributed by atoms with Crippen molar-refractivity contribution in [2.75, 3.05) is 12.9 Å². The average molecular weight is 471 g/mol. The molecule has 0 unspecified atom stereocenters. The third-order valence-electron chi connectivity index (χ3n) is 6.09. The van der Waals surface area contributed by atoms with Gasteiger partial charge < -0.3 is 15.0 Å². The summed E-state index contributed by atoms with van der Waals surface area (Å²) in [5.74, 6) is -0.591. The van der Waals surface area contributed by atoms with Gasteiger partial charge in [-0.05, 0) is 75.4 Å². The normalized spacial score (nSPS) is 15.3. The molecule has 0 aliphatic carbocycles. The Kier molecular flexibility index (Phi) is 7.27. The van der Waals surface area contributed by atoms with Crippen molar-refractivity contribution in [3.8, 4) is 0 Å². The van der Waals surface area contributed by atoms with Gasteiger partial charge in [-0.25, -0.2) is 8.42 Å². The fraction of sp³-hybridized carbons (Fsp3) is 0.360. The Hall–Kier alpha value is -3.13. The first-order chi connectivity index (χ1) is 15.5. The number of hydrogen-bond donors (Lipinski definition) is 2. The first-order valence-electron chi connectivity index (χ1n) is 10.8. The van der Waals surface area contributed by atoms with Gasteiger partial charge in [0.05, 0.1) is 17.8 Å². The number of H-pyrrole nitrogens is 1. The van der Waals surface area contributed by atoms with E-state index in [-0.39, 0.29) is 35.4 Å². The van der Waals surface area contributed by atoms with Gasteiger partial charge in [0.15, 0.2) is 9.84 Å². The summed E-state index contributed by atoms with van der Waals surface area (Å²) in [4.78, 5) is 27.5. The van der Waals surface area contributed by atoms with Gasteiger partial charge in [0, 0.05) is 29.1 Å². The van der Waals surface area contributed by atoms with E-state index in [1.165, 1.54) is 7.11 Å². The summed E-state index contributed by atoms with van der Waals surface area (Å²) < 4.78 is 30.4. The fourth-order valence-electron chi connectivity index (χ4n) is 3.98. The van der Waals surface area contributed by atoms with Crippen LogP contribution in [0, 0.1) is 20.8 Å². The number of benzene rings is 1. The topological polar surface area (TPSA) is 105 Å². The van der Waals surface area contributed by atoms with Crippen LogP contribution < -0.4 is 5.32 Å². The zero-order valence-electron chi connectivity index (χ0n) is 19.7. The van der Waals surface area contributed by atoms with E-state index in [1.807, 2.05) is 26.8 Å². The first-order valence-corrected chi connectivity index (χ1v) is 12.5. The Labute approximate surface area is 194 Å². The molecule has 176 valence electrons. The number of ether oxygens (including phenoxy) is 1. The van der Waals surface area contributed by atoms with Gasteiger partial charge >= 0.3 is 5.97 Å². The summed E-state index contributed by atoms with van der Waals surface area (Å²) in [5, 5.41) is 2.86. The quantitative estimate of drug-likeness (QED) is 0.573. The van der Waals surface area contributed by atoms with Gasteiger partial charge in [-0.2, -0.15) is 0 Å². The minimum atomic E-state index is -3.48. The van der Waals surface area contributed by atoms with Crippen LogP contribution in [0.3, 0.4) is 0 Å². The van der Waals surface area contributed by atoms with Crippen LogP contribution in [-0.2, 0) is 30.6 Å². The number of carbonyl (C=O) groups excluding carboxylic acids is 2. The minimum Gasteiger partial charge on any atom is -0.469 e. The van der Waals surface area contributed by atoms with Crippen molar-refractivity contribution in [1.29, 1.82) is 0 Å². The van der Waals surface area contributed by atoms with Crippen LogP contribution in [0.5, 0.6) is 0 Å². The molecule has 0 spiro atoms. The molecule has 1 aromatic heterocycles. The van der Waals surface area contributed by atoms with E-state index in [1.54, 1.807) is 31.2 Å². The van der Waals surface area contributed by atoms with Crippen molar-refractivity contribution in [2.24, 2.45) is 0 Å². The predicted octanol–water partition coefficient (Wildman–Crippen LogP) is 3.70. The lowest BCUT2D eigenvalue weighted by Crippen LogP contribution is -2.15. The van der Waals surface area contributed by atoms with Crippen LogP contribution in [0.2, 0.25) is 0 Å². The van der Waals surface area contributed by atoms with Crippen LogP contribution >= 0.6 is 0 Å². The Bertz CT molecular complexity index is 1250. The summed E-state index contributed by atoms with van der Waals surface area (Å²) in [5.41, 5.74) is 6.57. The van der Waals surface area contributed by atoms with Crippen molar-refractivity contribution in [1.82, 2.24) is 10.3 Å². The second kappa shape index (κ2) is 9.79. The standard InChI is InChI=1S/C25H30N2O5S/c1-15-6-8-19(9-7-15)33(30,31)13-12-21-17(3)25(29)27-23(21)14-22-16(2)20(18(4)26-22)10-11-24(28)32-5/h6-9,14,26H,10-13H2,1-5H3,(H,27,29)/b23-14-. The zero-order valence-corrected chi connectivity index (χ0v) is 20.5. The number of esters is 1. The van der Waals surface area contributed by atoms with Crippen LogP contribution in [0.25, 0.3) is 6.08 Å². The smallest absolute Gasteiger partial charge is 0.305 e. The number of aryl methyl sites for hydroxylation is 2. The molecule has 3 rings (SSSR count). The fourth-order valence-corrected chi connectivity index (χ4v) is 5.24. The lowest BCUT2D eigenvalue weighted by Gasteiger charge is -2.08. The molecule has 0 atom stereocenters. The van der Waals surface area contributed by atoms with Gasteiger partial charge in [-0.3, -0.25) is 9.59 Å². The highest BCUT2D eigenvalue weighted by molar-refractivity contribution is 7.91. The molecule has 2 heterocycles. The summed E-state index contributed by atoms with van der Waals surface area (Å²) in [7, 11) is -2.11. The molecule has 8 heteroatoms. The van der Waals surface area contributed by atoms with Crippen molar-refractivity contribution < 1.29 is 22.7 Å². The summed E-state index contributed by atoms with van der Waals surface area (Å²) in [6.07, 6.45) is 2.89. The predicted molar refractivity (Wildman–Crippen MR) is 127 cm³/mol. The molecular weight excluding hydrogens is 440 g/mol. The maximum Gasteiger partial charge on any atom is 0.305 e. The summed E-state index contributed by atoms with van der Waals surface area (Å²) in [6, 6.07) is 6.78. The highest BCUT2D eigenvalue weighted by Gasteiger charge is 2.26. The summed E-state index contributed by atoms with van der Waals surface area (Å²) in [6.45, 7) is 7.50. The van der Waals surface area contributed by atoms with E-state index in [9.17, 15) is 18.0 Å². The van der Waals surface area contributed by atoms with Gasteiger partial charge in [-0.15, -0.1) is 0 Å². The number of rotatable bonds is 8. The number of nitrogens with one attached hydrogen (secondary N) is 2. The van der Waals surface area contributed by atoms with E-state index >= 15 is 0 Å². The second-order valence-corrected chi connectivity index (χ2v) is 10.5. The van der Waals surface area contributed by atoms with Crippen molar-refractivity contribution >= 4 is 27.8 Å². The highest BCUT2D eigenvalue weighted by atomic mass is 32.2. The van der Waals surface area contributed by atoms with Crippen LogP contribution in [-0.4, -0.2) is 38.1 Å². The van der Waals surface area contributed by atoms with E-state index in [0.29, 0.717) is 23.3 Å². The zero-order chi connectivity index (χ0) is 24.3. The minimum absolute atomic E-state index is 0.0951. The Morgan fingerprint density at radius 2 is 1.73 bits per heavy atom. The summed E-state index contributed by atoms with van der Waals surface area (Å²) >= 11 is 0. The van der Waals surface area contributed by atoms with Crippen molar-refractivity contribution in [2.45, 2.75) is 51.9 Å². The monoisotopic (exact) mass is 470 g/mol. The largest absolute Gasteiger partial charge is 0.469 e. The molecular formula is C25H30N2O5S. The van der Waals surface area contributed by atoms with E-state index in [0.717, 1.165) is 28.1 Å². The second-order valence-electron chi connectivity index (χ2n) is 8.34. The Morgan fingerprint density at radius 3 is 2.36 bits per heavy atom. The van der Waals surface area contributed by atoms with Gasteiger partial charge in [-0.1, -0.05) is 17.7 Å². The number of aromatic amines is 1. The molecule has 33 heavy (non-hydrogen) atoms. The van der Waals surface area contributed by atoms with E-state index < -0.39 is 9.84 Å². The van der Waals surface area contributed by atoms with Gasteiger partial charge in [0.2, 0.25) is 0 Å². The molecule has 1 aliphatic rings. The maximum atomic E-state index is 12.8. The molecule has 1 aliphatic heterocycles. The Balaban J connectivity index is 1.84. The van der Waals surface area contributed by atoms with Gasteiger partial charge in [0.1, 0.15) is 0 Å². The number of sulfone groups is 1. The molecule has 1 aromatic carbocycles. The molecule has 0 saturated heterocycles. The van der Waals surface area contributed by atoms with Crippen molar-refractivity contribution in [3.05, 3.63) is 69.2 Å². The maximum absolute atomic E-state index is 12.8. The van der Waals surface area contributed by atoms with E-state index in [4.69, 9.17) is 4.74 Å². The highest BCUT2D eigenvalue weighted by Crippen LogP contribution is 2.29. The van der Waals surface area contributed by atoms with Crippen LogP contribution in [0.4, 0.5) is 0 Å². The van der Waals surface area contributed by atoms with E-state index in [2.05, 4.69) is 10.3 Å². The number of amides is 1. The third-order valence-corrected chi connectivity index (χ3v) is 7.83. The first kappa shape index (κ1) is 24.5. The third kappa shape index (κ3) is 5.45. The Morgan fingerprint density at radius 1 is 1.06 bits per heavy atom. The molecule has 1 amide bonds. The lowest BCUT2D eigenvalue weighted by molar-refractivity contribution is -0.140. The molecule has 0 fully saturated rings. The molecule has 7 nitrogen and oxygen atoms in total. The van der Waals surface area contributed by atoms with Crippen LogP contribution in [0.15, 0.2) is 46.0 Å². The molecule has 2 aromatic rings. The number of aromatic nitrogens is 1. The van der Waals surface area contributed by atoms with Crippen LogP contribution in [0.1, 0.15) is 47.8 Å². The van der Waals surface area contributed by atoms with Gasteiger partial charge in [0.25, 0.3) is 5.91 Å².